The minimum absolute atomic E-state index is 0. The molecule has 4 aromatic heterocycles. The summed E-state index contributed by atoms with van der Waals surface area (Å²) in [6, 6.07) is 63.4. The van der Waals surface area contributed by atoms with E-state index in [-0.39, 0.29) is 26.8 Å². The maximum atomic E-state index is 10.7. The van der Waals surface area contributed by atoms with E-state index >= 15 is 0 Å². The third-order valence-corrected chi connectivity index (χ3v) is 11.4. The van der Waals surface area contributed by atoms with Gasteiger partial charge in [-0.15, -0.1) is 35.6 Å². The molecule has 4 heterocycles. The number of hydrogen-bond donors (Lipinski definition) is 1. The second-order valence-electron chi connectivity index (χ2n) is 13.9. The number of pyridine rings is 2. The van der Waals surface area contributed by atoms with Crippen LogP contribution >= 0.6 is 11.3 Å². The first-order valence-electron chi connectivity index (χ1n) is 18.5. The molecule has 0 unspecified atom stereocenters. The van der Waals surface area contributed by atoms with Gasteiger partial charge in [-0.1, -0.05) is 120 Å². The van der Waals surface area contributed by atoms with Gasteiger partial charge in [-0.25, -0.2) is 0 Å². The molecule has 4 nitrogen and oxygen atoms in total. The Morgan fingerprint density at radius 1 is 0.491 bits per heavy atom. The molecule has 0 fully saturated rings. The number of thiophene rings is 1. The molecule has 6 aromatic carbocycles. The van der Waals surface area contributed by atoms with Gasteiger partial charge in [0.05, 0.1) is 5.69 Å². The summed E-state index contributed by atoms with van der Waals surface area (Å²) in [6.45, 7) is 2.04. The van der Waals surface area contributed by atoms with Crippen molar-refractivity contribution in [2.75, 3.05) is 0 Å². The normalized spacial score (nSPS) is 11.2. The summed E-state index contributed by atoms with van der Waals surface area (Å²) in [6.07, 6.45) is 0. The standard InChI is InChI=1S/C51H33N2O2S.Pt/c1-32-26-39(50-25-24-49(56-50)37-22-23-41-42-20-11-19-40(34-14-6-3-7-15-34)51(42)55-48(41)31-37)30-44(52-32)35-16-10-17-36(27-35)45-28-38(33-12-4-2-5-13-33)29-46(53-45)43-18-8-9-21-47(43)54;/h2-26,28-31,54H,1H3;/q-1;. The molecule has 57 heavy (non-hydrogen) atoms. The van der Waals surface area contributed by atoms with E-state index in [1.54, 1.807) is 17.4 Å². The Labute approximate surface area is 349 Å². The van der Waals surface area contributed by atoms with Crippen LogP contribution in [0.15, 0.2) is 180 Å². The molecule has 0 bridgehead atoms. The van der Waals surface area contributed by atoms with E-state index < -0.39 is 0 Å². The number of benzene rings is 6. The average molecular weight is 933 g/mol. The fraction of sp³-hybridized carbons (Fsp3) is 0.0196. The van der Waals surface area contributed by atoms with Crippen molar-refractivity contribution < 1.29 is 30.6 Å². The van der Waals surface area contributed by atoms with Gasteiger partial charge in [0.15, 0.2) is 0 Å². The van der Waals surface area contributed by atoms with Crippen LogP contribution in [-0.4, -0.2) is 15.1 Å². The Morgan fingerprint density at radius 2 is 1.12 bits per heavy atom. The summed E-state index contributed by atoms with van der Waals surface area (Å²) in [4.78, 5) is 12.3. The van der Waals surface area contributed by atoms with Crippen LogP contribution in [0.4, 0.5) is 0 Å². The quantitative estimate of drug-likeness (QED) is 0.162. The summed E-state index contributed by atoms with van der Waals surface area (Å²) >= 11 is 1.76. The molecule has 10 aromatic rings. The first-order chi connectivity index (χ1) is 27.5. The largest absolute Gasteiger partial charge is 0.507 e. The fourth-order valence-corrected chi connectivity index (χ4v) is 8.45. The SMILES string of the molecule is Cc1cc(-c2ccc(-c3ccc4c(c3)oc3c(-c5ccccc5)cccc34)s2)cc(-c2[c-]c(-c3cc(-c4ccccc4)cc(-c4ccccc4O)n3)ccc2)n1.[Pt]. The number of hydrogen-bond acceptors (Lipinski definition) is 5. The Bertz CT molecular complexity index is 3060. The molecule has 6 heteroatoms. The van der Waals surface area contributed by atoms with Gasteiger partial charge in [-0.05, 0) is 83.3 Å². The van der Waals surface area contributed by atoms with Crippen LogP contribution in [0.25, 0.3) is 98.8 Å². The maximum Gasteiger partial charge on any atom is 0.143 e. The van der Waals surface area contributed by atoms with Crippen LogP contribution in [0.5, 0.6) is 5.75 Å². The second kappa shape index (κ2) is 15.3. The summed E-state index contributed by atoms with van der Waals surface area (Å²) in [5, 5.41) is 13.0. The van der Waals surface area contributed by atoms with Crippen molar-refractivity contribution in [3.05, 3.63) is 188 Å². The van der Waals surface area contributed by atoms with Crippen molar-refractivity contribution in [1.82, 2.24) is 9.97 Å². The molecule has 0 saturated heterocycles. The molecular weight excluding hydrogens is 900 g/mol. The van der Waals surface area contributed by atoms with Gasteiger partial charge in [0.2, 0.25) is 0 Å². The van der Waals surface area contributed by atoms with Crippen LogP contribution in [0.2, 0.25) is 0 Å². The van der Waals surface area contributed by atoms with Crippen LogP contribution in [0.1, 0.15) is 5.69 Å². The van der Waals surface area contributed by atoms with Crippen molar-refractivity contribution in [3.8, 4) is 82.7 Å². The number of fused-ring (bicyclic) bond motifs is 3. The first kappa shape index (κ1) is 36.3. The molecule has 0 amide bonds. The molecule has 0 aliphatic carbocycles. The van der Waals surface area contributed by atoms with Crippen molar-refractivity contribution in [2.24, 2.45) is 0 Å². The van der Waals surface area contributed by atoms with E-state index in [9.17, 15) is 5.11 Å². The van der Waals surface area contributed by atoms with Gasteiger partial charge >= 0.3 is 0 Å². The van der Waals surface area contributed by atoms with E-state index in [2.05, 4.69) is 109 Å². The third kappa shape index (κ3) is 7.01. The van der Waals surface area contributed by atoms with Crippen LogP contribution in [0.3, 0.4) is 0 Å². The number of para-hydroxylation sites is 2. The van der Waals surface area contributed by atoms with E-state index in [4.69, 9.17) is 14.4 Å². The number of nitrogens with zero attached hydrogens (tertiary/aromatic N) is 2. The predicted molar refractivity (Wildman–Crippen MR) is 230 cm³/mol. The summed E-state index contributed by atoms with van der Waals surface area (Å²) in [5.74, 6) is 0.189. The van der Waals surface area contributed by atoms with E-state index in [0.717, 1.165) is 88.4 Å². The Morgan fingerprint density at radius 3 is 1.89 bits per heavy atom. The van der Waals surface area contributed by atoms with Gasteiger partial charge < -0.3 is 9.52 Å². The molecular formula is C51H33N2O2PtS-. The van der Waals surface area contributed by atoms with E-state index in [0.29, 0.717) is 11.3 Å². The second-order valence-corrected chi connectivity index (χ2v) is 15.0. The monoisotopic (exact) mass is 932 g/mol. The van der Waals surface area contributed by atoms with Gasteiger partial charge in [0.25, 0.3) is 0 Å². The summed E-state index contributed by atoms with van der Waals surface area (Å²) in [5.41, 5.74) is 14.0. The molecule has 0 radical (unpaired) electrons. The molecule has 0 aliphatic rings. The third-order valence-electron chi connectivity index (χ3n) is 10.2. The minimum Gasteiger partial charge on any atom is -0.507 e. The van der Waals surface area contributed by atoms with Crippen molar-refractivity contribution in [2.45, 2.75) is 6.92 Å². The average Bonchev–Trinajstić information content (AvgIpc) is 3.90. The molecule has 10 rings (SSSR count). The number of rotatable bonds is 7. The minimum atomic E-state index is 0. The molecule has 0 aliphatic heterocycles. The zero-order valence-corrected chi connectivity index (χ0v) is 33.8. The Hall–Kier alpha value is -6.39. The van der Waals surface area contributed by atoms with Crippen LogP contribution in [0, 0.1) is 13.0 Å². The van der Waals surface area contributed by atoms with Gasteiger partial charge in [-0.3, -0.25) is 9.97 Å². The molecule has 1 N–H and O–H groups in total. The smallest absolute Gasteiger partial charge is 0.143 e. The molecule has 0 saturated carbocycles. The molecule has 0 spiro atoms. The predicted octanol–water partition coefficient (Wildman–Crippen LogP) is 13.9. The summed E-state index contributed by atoms with van der Waals surface area (Å²) < 4.78 is 6.55. The van der Waals surface area contributed by atoms with Crippen molar-refractivity contribution >= 4 is 33.3 Å². The van der Waals surface area contributed by atoms with Gasteiger partial charge in [0.1, 0.15) is 16.9 Å². The number of phenolic OH excluding ortho intramolecular Hbond substituents is 1. The zero-order chi connectivity index (χ0) is 37.6. The number of furan rings is 1. The van der Waals surface area contributed by atoms with Gasteiger partial charge in [0, 0.05) is 69.8 Å². The molecule has 0 atom stereocenters. The van der Waals surface area contributed by atoms with E-state index in [1.807, 2.05) is 73.7 Å². The Kier molecular flexibility index (Phi) is 9.71. The fourth-order valence-electron chi connectivity index (χ4n) is 7.46. The van der Waals surface area contributed by atoms with Gasteiger partial charge in [-0.2, -0.15) is 0 Å². The number of phenols is 1. The summed E-state index contributed by atoms with van der Waals surface area (Å²) in [7, 11) is 0. The Balaban J connectivity index is 0.00000422. The maximum absolute atomic E-state index is 10.7. The number of aromatic nitrogens is 2. The van der Waals surface area contributed by atoms with Crippen LogP contribution in [-0.2, 0) is 21.1 Å². The first-order valence-corrected chi connectivity index (χ1v) is 19.3. The van der Waals surface area contributed by atoms with Crippen molar-refractivity contribution in [1.29, 1.82) is 0 Å². The number of aromatic hydroxyl groups is 1. The topological polar surface area (TPSA) is 59.2 Å². The van der Waals surface area contributed by atoms with Crippen LogP contribution < -0.4 is 0 Å². The zero-order valence-electron chi connectivity index (χ0n) is 30.7. The molecule has 276 valence electrons. The van der Waals surface area contributed by atoms with E-state index in [1.165, 1.54) is 4.88 Å². The van der Waals surface area contributed by atoms with Crippen molar-refractivity contribution in [3.63, 3.8) is 0 Å². The number of aryl methyl sites for hydroxylation is 1.